The van der Waals surface area contributed by atoms with Gasteiger partial charge in [-0.15, -0.1) is 0 Å². The third kappa shape index (κ3) is 4.36. The summed E-state index contributed by atoms with van der Waals surface area (Å²) in [5, 5.41) is 0. The van der Waals surface area contributed by atoms with E-state index in [2.05, 4.69) is 13.8 Å². The van der Waals surface area contributed by atoms with Crippen LogP contribution in [0, 0.1) is 0 Å². The number of nitrogens with two attached hydrogens (primary N) is 1. The van der Waals surface area contributed by atoms with Crippen LogP contribution in [-0.4, -0.2) is 31.7 Å². The topological polar surface area (TPSA) is 89.7 Å². The van der Waals surface area contributed by atoms with Crippen molar-refractivity contribution in [1.29, 1.82) is 0 Å². The molecule has 2 aromatic rings. The maximum atomic E-state index is 12.7. The summed E-state index contributed by atoms with van der Waals surface area (Å²) < 4.78 is 32.6. The number of sulfonamides is 1. The molecule has 0 radical (unpaired) electrons. The summed E-state index contributed by atoms with van der Waals surface area (Å²) in [7, 11) is -3.62. The molecule has 28 heavy (non-hydrogen) atoms. The van der Waals surface area contributed by atoms with E-state index in [0.29, 0.717) is 19.0 Å². The zero-order valence-corrected chi connectivity index (χ0v) is 17.0. The standard InChI is InChI=1S/C21H26N2O4S/c1-15(2)17-7-5-16(6-8-17)14-27-20-10-9-18(13-19(20)21(22)24)28(25,26)23-11-3-4-12-23/h5-10,13,15H,3-4,11-12,14H2,1-2H3,(H2,22,24). The van der Waals surface area contributed by atoms with Gasteiger partial charge in [0, 0.05) is 13.1 Å². The Kier molecular flexibility index (Phi) is 6.05. The fourth-order valence-corrected chi connectivity index (χ4v) is 4.77. The first kappa shape index (κ1) is 20.4. The molecule has 2 N–H and O–H groups in total. The molecule has 6 nitrogen and oxygen atoms in total. The Labute approximate surface area is 166 Å². The van der Waals surface area contributed by atoms with Gasteiger partial charge < -0.3 is 10.5 Å². The van der Waals surface area contributed by atoms with Crippen molar-refractivity contribution in [2.24, 2.45) is 5.73 Å². The molecule has 7 heteroatoms. The summed E-state index contributed by atoms with van der Waals surface area (Å²) in [6.07, 6.45) is 1.69. The normalized spacial score (nSPS) is 15.1. The molecule has 0 unspecified atom stereocenters. The van der Waals surface area contributed by atoms with Crippen molar-refractivity contribution in [1.82, 2.24) is 4.31 Å². The lowest BCUT2D eigenvalue weighted by molar-refractivity contribution is 0.0995. The predicted octanol–water partition coefficient (Wildman–Crippen LogP) is 3.27. The molecular weight excluding hydrogens is 376 g/mol. The van der Waals surface area contributed by atoms with Gasteiger partial charge in [-0.1, -0.05) is 38.1 Å². The number of nitrogens with zero attached hydrogens (tertiary/aromatic N) is 1. The molecule has 0 aliphatic carbocycles. The average Bonchev–Trinajstić information content (AvgIpc) is 3.22. The first-order chi connectivity index (χ1) is 13.3. The fraction of sp³-hybridized carbons (Fsp3) is 0.381. The number of ether oxygens (including phenoxy) is 1. The Morgan fingerprint density at radius 2 is 1.75 bits per heavy atom. The van der Waals surface area contributed by atoms with Crippen LogP contribution < -0.4 is 10.5 Å². The molecule has 0 aromatic heterocycles. The Morgan fingerprint density at radius 1 is 1.11 bits per heavy atom. The zero-order valence-electron chi connectivity index (χ0n) is 16.2. The van der Waals surface area contributed by atoms with Crippen LogP contribution in [-0.2, 0) is 16.6 Å². The van der Waals surface area contributed by atoms with E-state index in [1.807, 2.05) is 24.3 Å². The van der Waals surface area contributed by atoms with Gasteiger partial charge in [-0.25, -0.2) is 8.42 Å². The number of primary amides is 1. The lowest BCUT2D eigenvalue weighted by atomic mass is 10.0. The van der Waals surface area contributed by atoms with Crippen LogP contribution in [0.1, 0.15) is 54.1 Å². The van der Waals surface area contributed by atoms with Gasteiger partial charge in [0.1, 0.15) is 12.4 Å². The van der Waals surface area contributed by atoms with E-state index in [1.165, 1.54) is 28.1 Å². The van der Waals surface area contributed by atoms with Crippen LogP contribution in [0.5, 0.6) is 5.75 Å². The molecule has 3 rings (SSSR count). The molecule has 1 aliphatic rings. The van der Waals surface area contributed by atoms with Crippen molar-refractivity contribution >= 4 is 15.9 Å². The smallest absolute Gasteiger partial charge is 0.252 e. The van der Waals surface area contributed by atoms with Crippen molar-refractivity contribution in [3.8, 4) is 5.75 Å². The number of hydrogen-bond donors (Lipinski definition) is 1. The Hall–Kier alpha value is -2.38. The van der Waals surface area contributed by atoms with Crippen LogP contribution >= 0.6 is 0 Å². The summed E-state index contributed by atoms with van der Waals surface area (Å²) in [5.74, 6) is 0.00553. The zero-order chi connectivity index (χ0) is 20.3. The second-order valence-corrected chi connectivity index (χ2v) is 9.26. The Balaban J connectivity index is 1.80. The molecule has 1 amide bonds. The molecule has 1 saturated heterocycles. The summed E-state index contributed by atoms with van der Waals surface area (Å²) in [6.45, 7) is 5.51. The highest BCUT2D eigenvalue weighted by Gasteiger charge is 2.28. The fourth-order valence-electron chi connectivity index (χ4n) is 3.23. The third-order valence-electron chi connectivity index (χ3n) is 4.96. The van der Waals surface area contributed by atoms with Crippen molar-refractivity contribution < 1.29 is 17.9 Å². The Morgan fingerprint density at radius 3 is 2.32 bits per heavy atom. The van der Waals surface area contributed by atoms with Crippen molar-refractivity contribution in [3.05, 3.63) is 59.2 Å². The monoisotopic (exact) mass is 402 g/mol. The van der Waals surface area contributed by atoms with Crippen LogP contribution in [0.2, 0.25) is 0 Å². The highest BCUT2D eigenvalue weighted by molar-refractivity contribution is 7.89. The van der Waals surface area contributed by atoms with Crippen molar-refractivity contribution in [3.63, 3.8) is 0 Å². The maximum absolute atomic E-state index is 12.7. The molecule has 2 aromatic carbocycles. The molecule has 0 atom stereocenters. The number of hydrogen-bond acceptors (Lipinski definition) is 4. The molecule has 150 valence electrons. The summed E-state index contributed by atoms with van der Waals surface area (Å²) in [4.78, 5) is 12.0. The molecule has 0 bridgehead atoms. The van der Waals surface area contributed by atoms with E-state index in [-0.39, 0.29) is 22.8 Å². The number of carbonyl (C=O) groups excluding carboxylic acids is 1. The summed E-state index contributed by atoms with van der Waals surface area (Å²) >= 11 is 0. The molecule has 0 saturated carbocycles. The lowest BCUT2D eigenvalue weighted by Crippen LogP contribution is -2.28. The molecular formula is C21H26N2O4S. The molecule has 0 spiro atoms. The van der Waals surface area contributed by atoms with Crippen LogP contribution in [0.4, 0.5) is 0 Å². The third-order valence-corrected chi connectivity index (χ3v) is 6.85. The molecule has 1 fully saturated rings. The highest BCUT2D eigenvalue weighted by atomic mass is 32.2. The van der Waals surface area contributed by atoms with Gasteiger partial charge in [-0.3, -0.25) is 4.79 Å². The SMILES string of the molecule is CC(C)c1ccc(COc2ccc(S(=O)(=O)N3CCCC3)cc2C(N)=O)cc1. The van der Waals surface area contributed by atoms with Crippen LogP contribution in [0.15, 0.2) is 47.4 Å². The number of rotatable bonds is 7. The van der Waals surface area contributed by atoms with E-state index in [9.17, 15) is 13.2 Å². The van der Waals surface area contributed by atoms with Gasteiger partial charge in [0.05, 0.1) is 10.5 Å². The van der Waals surface area contributed by atoms with E-state index in [4.69, 9.17) is 10.5 Å². The second-order valence-electron chi connectivity index (χ2n) is 7.32. The van der Waals surface area contributed by atoms with Crippen molar-refractivity contribution in [2.75, 3.05) is 13.1 Å². The largest absolute Gasteiger partial charge is 0.488 e. The Bertz CT molecular complexity index is 947. The maximum Gasteiger partial charge on any atom is 0.252 e. The molecule has 1 heterocycles. The first-order valence-electron chi connectivity index (χ1n) is 9.44. The van der Waals surface area contributed by atoms with Gasteiger partial charge in [-0.2, -0.15) is 4.31 Å². The van der Waals surface area contributed by atoms with Gasteiger partial charge in [-0.05, 0) is 48.1 Å². The van der Waals surface area contributed by atoms with Gasteiger partial charge in [0.15, 0.2) is 0 Å². The number of amides is 1. The second kappa shape index (κ2) is 8.32. The van der Waals surface area contributed by atoms with Crippen molar-refractivity contribution in [2.45, 2.75) is 44.1 Å². The van der Waals surface area contributed by atoms with E-state index >= 15 is 0 Å². The average molecular weight is 403 g/mol. The number of carbonyl (C=O) groups is 1. The predicted molar refractivity (Wildman–Crippen MR) is 108 cm³/mol. The van der Waals surface area contributed by atoms with Gasteiger partial charge >= 0.3 is 0 Å². The quantitative estimate of drug-likeness (QED) is 0.770. The molecule has 1 aliphatic heterocycles. The number of benzene rings is 2. The van der Waals surface area contributed by atoms with Crippen LogP contribution in [0.25, 0.3) is 0 Å². The minimum Gasteiger partial charge on any atom is -0.488 e. The van der Waals surface area contributed by atoms with Crippen LogP contribution in [0.3, 0.4) is 0 Å². The summed E-state index contributed by atoms with van der Waals surface area (Å²) in [6, 6.07) is 12.3. The minimum absolute atomic E-state index is 0.0665. The summed E-state index contributed by atoms with van der Waals surface area (Å²) in [5.41, 5.74) is 7.73. The van der Waals surface area contributed by atoms with Gasteiger partial charge in [0.25, 0.3) is 5.91 Å². The lowest BCUT2D eigenvalue weighted by Gasteiger charge is -2.17. The minimum atomic E-state index is -3.62. The van der Waals surface area contributed by atoms with E-state index in [0.717, 1.165) is 18.4 Å². The first-order valence-corrected chi connectivity index (χ1v) is 10.9. The van der Waals surface area contributed by atoms with E-state index < -0.39 is 15.9 Å². The van der Waals surface area contributed by atoms with Gasteiger partial charge in [0.2, 0.25) is 10.0 Å². The van der Waals surface area contributed by atoms with E-state index in [1.54, 1.807) is 0 Å². The highest BCUT2D eigenvalue weighted by Crippen LogP contribution is 2.27.